The molecule has 0 aromatic heterocycles. The summed E-state index contributed by atoms with van der Waals surface area (Å²) in [7, 11) is 3.10. The van der Waals surface area contributed by atoms with Gasteiger partial charge in [-0.3, -0.25) is 0 Å². The summed E-state index contributed by atoms with van der Waals surface area (Å²) in [6.07, 6.45) is 0. The van der Waals surface area contributed by atoms with E-state index in [2.05, 4.69) is 10.6 Å². The van der Waals surface area contributed by atoms with Gasteiger partial charge in [0.15, 0.2) is 0 Å². The minimum absolute atomic E-state index is 0.374. The average Bonchev–Trinajstić information content (AvgIpc) is 2.56. The number of methoxy groups -OCH3 is 2. The molecule has 23 heavy (non-hydrogen) atoms. The Balaban J connectivity index is 2.04. The second-order valence-corrected chi connectivity index (χ2v) is 4.60. The van der Waals surface area contributed by atoms with Gasteiger partial charge < -0.3 is 24.8 Å². The molecule has 2 aromatic carbocycles. The van der Waals surface area contributed by atoms with Crippen LogP contribution in [0.1, 0.15) is 6.92 Å². The maximum Gasteiger partial charge on any atom is 0.323 e. The molecule has 0 fully saturated rings. The van der Waals surface area contributed by atoms with Crippen molar-refractivity contribution in [2.75, 3.05) is 31.5 Å². The molecule has 122 valence electrons. The van der Waals surface area contributed by atoms with E-state index >= 15 is 0 Å². The van der Waals surface area contributed by atoms with Crippen molar-refractivity contribution in [1.29, 1.82) is 0 Å². The number of carbonyl (C=O) groups is 1. The summed E-state index contributed by atoms with van der Waals surface area (Å²) in [6, 6.07) is 11.9. The van der Waals surface area contributed by atoms with Crippen molar-refractivity contribution >= 4 is 17.4 Å². The highest BCUT2D eigenvalue weighted by atomic mass is 16.5. The van der Waals surface area contributed by atoms with Gasteiger partial charge in [-0.2, -0.15) is 0 Å². The van der Waals surface area contributed by atoms with E-state index in [1.807, 2.05) is 6.92 Å². The maximum atomic E-state index is 12.1. The van der Waals surface area contributed by atoms with Crippen molar-refractivity contribution in [3.63, 3.8) is 0 Å². The molecule has 2 N–H and O–H groups in total. The summed E-state index contributed by atoms with van der Waals surface area (Å²) < 4.78 is 15.7. The lowest BCUT2D eigenvalue weighted by Crippen LogP contribution is -2.19. The van der Waals surface area contributed by atoms with Gasteiger partial charge in [0, 0.05) is 11.8 Å². The second-order valence-electron chi connectivity index (χ2n) is 4.60. The largest absolute Gasteiger partial charge is 0.497 e. The summed E-state index contributed by atoms with van der Waals surface area (Å²) in [4.78, 5) is 12.1. The van der Waals surface area contributed by atoms with Crippen molar-refractivity contribution in [1.82, 2.24) is 0 Å². The van der Waals surface area contributed by atoms with Crippen LogP contribution in [0.5, 0.6) is 17.2 Å². The molecule has 0 spiro atoms. The van der Waals surface area contributed by atoms with Crippen LogP contribution in [0.25, 0.3) is 0 Å². The van der Waals surface area contributed by atoms with Crippen molar-refractivity contribution in [2.45, 2.75) is 6.92 Å². The van der Waals surface area contributed by atoms with Gasteiger partial charge >= 0.3 is 6.03 Å². The number of ether oxygens (including phenoxy) is 3. The number of hydrogen-bond donors (Lipinski definition) is 2. The van der Waals surface area contributed by atoms with E-state index in [0.717, 1.165) is 5.75 Å². The summed E-state index contributed by atoms with van der Waals surface area (Å²) in [5, 5.41) is 5.48. The zero-order valence-electron chi connectivity index (χ0n) is 13.4. The second kappa shape index (κ2) is 7.93. The van der Waals surface area contributed by atoms with Gasteiger partial charge in [-0.15, -0.1) is 0 Å². The summed E-state index contributed by atoms with van der Waals surface area (Å²) in [5.74, 6) is 1.93. The molecule has 0 saturated carbocycles. The van der Waals surface area contributed by atoms with E-state index < -0.39 is 0 Å². The molecule has 0 unspecified atom stereocenters. The van der Waals surface area contributed by atoms with Crippen LogP contribution in [0.2, 0.25) is 0 Å². The average molecular weight is 316 g/mol. The van der Waals surface area contributed by atoms with E-state index in [9.17, 15) is 4.79 Å². The van der Waals surface area contributed by atoms with Gasteiger partial charge in [-0.1, -0.05) is 0 Å². The van der Waals surface area contributed by atoms with E-state index in [-0.39, 0.29) is 6.03 Å². The monoisotopic (exact) mass is 316 g/mol. The molecule has 2 aromatic rings. The molecule has 0 aliphatic rings. The summed E-state index contributed by atoms with van der Waals surface area (Å²) in [5.41, 5.74) is 1.18. The number of rotatable bonds is 6. The summed E-state index contributed by atoms with van der Waals surface area (Å²) in [6.45, 7) is 2.52. The van der Waals surface area contributed by atoms with Gasteiger partial charge in [-0.05, 0) is 43.3 Å². The van der Waals surface area contributed by atoms with Crippen LogP contribution in [-0.2, 0) is 0 Å². The van der Waals surface area contributed by atoms with Crippen LogP contribution in [0.15, 0.2) is 42.5 Å². The number of hydrogen-bond acceptors (Lipinski definition) is 4. The normalized spacial score (nSPS) is 9.87. The number of carbonyl (C=O) groups excluding carboxylic acids is 1. The van der Waals surface area contributed by atoms with Crippen LogP contribution in [0, 0.1) is 0 Å². The molecule has 6 heteroatoms. The van der Waals surface area contributed by atoms with Crippen LogP contribution < -0.4 is 24.8 Å². The van der Waals surface area contributed by atoms with Crippen molar-refractivity contribution < 1.29 is 19.0 Å². The molecule has 0 aliphatic heterocycles. The Bertz CT molecular complexity index is 656. The minimum atomic E-state index is -0.374. The Hall–Kier alpha value is -2.89. The van der Waals surface area contributed by atoms with Gasteiger partial charge in [0.05, 0.1) is 26.5 Å². The van der Waals surface area contributed by atoms with Crippen LogP contribution in [0.4, 0.5) is 16.2 Å². The Labute approximate surface area is 135 Å². The maximum absolute atomic E-state index is 12.1. The van der Waals surface area contributed by atoms with Gasteiger partial charge in [0.25, 0.3) is 0 Å². The standard InChI is InChI=1S/C17H20N2O4/c1-4-23-13-7-5-12(6-8-13)18-17(20)19-15-11-14(21-2)9-10-16(15)22-3/h5-11H,4H2,1-3H3,(H2,18,19,20). The quantitative estimate of drug-likeness (QED) is 0.851. The number of amides is 2. The van der Waals surface area contributed by atoms with Gasteiger partial charge in [0.2, 0.25) is 0 Å². The highest BCUT2D eigenvalue weighted by Gasteiger charge is 2.09. The molecule has 0 heterocycles. The molecule has 6 nitrogen and oxygen atoms in total. The fourth-order valence-electron chi connectivity index (χ4n) is 2.00. The molecular weight excluding hydrogens is 296 g/mol. The molecular formula is C17H20N2O4. The highest BCUT2D eigenvalue weighted by Crippen LogP contribution is 2.29. The number of anilines is 2. The van der Waals surface area contributed by atoms with Crippen molar-refractivity contribution in [3.8, 4) is 17.2 Å². The Morgan fingerprint density at radius 2 is 1.65 bits per heavy atom. The van der Waals surface area contributed by atoms with E-state index in [1.54, 1.807) is 49.6 Å². The van der Waals surface area contributed by atoms with Crippen LogP contribution in [-0.4, -0.2) is 26.9 Å². The Morgan fingerprint density at radius 1 is 0.957 bits per heavy atom. The molecule has 0 aliphatic carbocycles. The Kier molecular flexibility index (Phi) is 5.68. The first-order valence-electron chi connectivity index (χ1n) is 7.19. The zero-order valence-corrected chi connectivity index (χ0v) is 13.4. The van der Waals surface area contributed by atoms with E-state index in [1.165, 1.54) is 7.11 Å². The van der Waals surface area contributed by atoms with Crippen molar-refractivity contribution in [2.24, 2.45) is 0 Å². The predicted molar refractivity (Wildman–Crippen MR) is 89.8 cm³/mol. The number of benzene rings is 2. The lowest BCUT2D eigenvalue weighted by Gasteiger charge is -2.12. The van der Waals surface area contributed by atoms with E-state index in [0.29, 0.717) is 29.5 Å². The smallest absolute Gasteiger partial charge is 0.323 e. The first-order chi connectivity index (χ1) is 11.2. The molecule has 0 atom stereocenters. The fraction of sp³-hybridized carbons (Fsp3) is 0.235. The molecule has 0 radical (unpaired) electrons. The Morgan fingerprint density at radius 3 is 2.26 bits per heavy atom. The predicted octanol–water partition coefficient (Wildman–Crippen LogP) is 3.75. The summed E-state index contributed by atoms with van der Waals surface area (Å²) >= 11 is 0. The third-order valence-electron chi connectivity index (χ3n) is 3.08. The fourth-order valence-corrected chi connectivity index (χ4v) is 2.00. The lowest BCUT2D eigenvalue weighted by molar-refractivity contribution is 0.262. The number of urea groups is 1. The molecule has 0 bridgehead atoms. The first kappa shape index (κ1) is 16.5. The van der Waals surface area contributed by atoms with Gasteiger partial charge in [0.1, 0.15) is 17.2 Å². The highest BCUT2D eigenvalue weighted by molar-refractivity contribution is 6.00. The van der Waals surface area contributed by atoms with Crippen molar-refractivity contribution in [3.05, 3.63) is 42.5 Å². The van der Waals surface area contributed by atoms with Crippen LogP contribution in [0.3, 0.4) is 0 Å². The molecule has 2 amide bonds. The number of nitrogens with one attached hydrogen (secondary N) is 2. The van der Waals surface area contributed by atoms with E-state index in [4.69, 9.17) is 14.2 Å². The third kappa shape index (κ3) is 4.54. The molecule has 0 saturated heterocycles. The minimum Gasteiger partial charge on any atom is -0.497 e. The van der Waals surface area contributed by atoms with Gasteiger partial charge in [-0.25, -0.2) is 4.79 Å². The first-order valence-corrected chi connectivity index (χ1v) is 7.19. The lowest BCUT2D eigenvalue weighted by atomic mass is 10.2. The topological polar surface area (TPSA) is 68.8 Å². The zero-order chi connectivity index (χ0) is 16.7. The van der Waals surface area contributed by atoms with Crippen LogP contribution >= 0.6 is 0 Å². The SMILES string of the molecule is CCOc1ccc(NC(=O)Nc2cc(OC)ccc2OC)cc1. The third-order valence-corrected chi connectivity index (χ3v) is 3.08. The molecule has 2 rings (SSSR count).